The SMILES string of the molecule is COC(=O)OCC1C(c2ccc(Cl)cc2)CC2CCC1N2C.Cl. The summed E-state index contributed by atoms with van der Waals surface area (Å²) in [4.78, 5) is 13.8. The van der Waals surface area contributed by atoms with Crippen LogP contribution in [-0.4, -0.2) is 43.9 Å². The highest BCUT2D eigenvalue weighted by molar-refractivity contribution is 6.30. The van der Waals surface area contributed by atoms with Gasteiger partial charge in [0.2, 0.25) is 0 Å². The molecule has 4 nitrogen and oxygen atoms in total. The van der Waals surface area contributed by atoms with Crippen molar-refractivity contribution < 1.29 is 14.3 Å². The summed E-state index contributed by atoms with van der Waals surface area (Å²) in [5, 5.41) is 0.752. The monoisotopic (exact) mass is 359 g/mol. The lowest BCUT2D eigenvalue weighted by Crippen LogP contribution is -2.47. The number of methoxy groups -OCH3 is 1. The van der Waals surface area contributed by atoms with E-state index in [9.17, 15) is 4.79 Å². The first-order valence-electron chi connectivity index (χ1n) is 7.78. The summed E-state index contributed by atoms with van der Waals surface area (Å²) in [6.45, 7) is 0.404. The van der Waals surface area contributed by atoms with E-state index >= 15 is 0 Å². The summed E-state index contributed by atoms with van der Waals surface area (Å²) in [6, 6.07) is 9.17. The van der Waals surface area contributed by atoms with Crippen LogP contribution in [0.1, 0.15) is 30.7 Å². The van der Waals surface area contributed by atoms with Gasteiger partial charge < -0.3 is 14.4 Å². The summed E-state index contributed by atoms with van der Waals surface area (Å²) in [5.41, 5.74) is 1.29. The molecule has 0 aliphatic carbocycles. The van der Waals surface area contributed by atoms with Crippen LogP contribution >= 0.6 is 24.0 Å². The zero-order chi connectivity index (χ0) is 15.7. The van der Waals surface area contributed by atoms with Gasteiger partial charge in [0.15, 0.2) is 0 Å². The van der Waals surface area contributed by atoms with Gasteiger partial charge in [-0.3, -0.25) is 0 Å². The van der Waals surface area contributed by atoms with E-state index < -0.39 is 6.16 Å². The third-order valence-electron chi connectivity index (χ3n) is 5.29. The minimum absolute atomic E-state index is 0. The van der Waals surface area contributed by atoms with Crippen molar-refractivity contribution in [2.75, 3.05) is 20.8 Å². The third-order valence-corrected chi connectivity index (χ3v) is 5.54. The Bertz CT molecular complexity index is 537. The predicted molar refractivity (Wildman–Crippen MR) is 92.5 cm³/mol. The van der Waals surface area contributed by atoms with Gasteiger partial charge in [-0.25, -0.2) is 4.79 Å². The van der Waals surface area contributed by atoms with Crippen LogP contribution < -0.4 is 0 Å². The highest BCUT2D eigenvalue weighted by atomic mass is 35.5. The quantitative estimate of drug-likeness (QED) is 0.761. The molecule has 2 aliphatic rings. The summed E-state index contributed by atoms with van der Waals surface area (Å²) in [7, 11) is 3.53. The summed E-state index contributed by atoms with van der Waals surface area (Å²) < 4.78 is 9.90. The molecule has 2 fully saturated rings. The van der Waals surface area contributed by atoms with Gasteiger partial charge in [-0.05, 0) is 49.9 Å². The Morgan fingerprint density at radius 3 is 2.65 bits per heavy atom. The first-order chi connectivity index (χ1) is 10.6. The minimum Gasteiger partial charge on any atom is -0.438 e. The maximum absolute atomic E-state index is 11.4. The van der Waals surface area contributed by atoms with Gasteiger partial charge in [-0.1, -0.05) is 23.7 Å². The van der Waals surface area contributed by atoms with Gasteiger partial charge in [0.05, 0.1) is 13.7 Å². The lowest BCUT2D eigenvalue weighted by molar-refractivity contribution is 0.0193. The fraction of sp³-hybridized carbons (Fsp3) is 0.588. The Morgan fingerprint density at radius 2 is 2.00 bits per heavy atom. The number of fused-ring (bicyclic) bond motifs is 2. The number of nitrogens with zero attached hydrogens (tertiary/aromatic N) is 1. The first kappa shape index (κ1) is 18.4. The number of piperidine rings is 1. The smallest absolute Gasteiger partial charge is 0.438 e. The van der Waals surface area contributed by atoms with Crippen LogP contribution in [0.3, 0.4) is 0 Å². The molecule has 2 bridgehead atoms. The Labute approximate surface area is 148 Å². The number of ether oxygens (including phenoxy) is 2. The van der Waals surface area contributed by atoms with Crippen LogP contribution in [0.5, 0.6) is 0 Å². The number of rotatable bonds is 3. The van der Waals surface area contributed by atoms with Gasteiger partial charge in [-0.2, -0.15) is 0 Å². The summed E-state index contributed by atoms with van der Waals surface area (Å²) in [5.74, 6) is 0.694. The van der Waals surface area contributed by atoms with Crippen molar-refractivity contribution in [3.63, 3.8) is 0 Å². The molecule has 1 aromatic rings. The first-order valence-corrected chi connectivity index (χ1v) is 8.16. The second kappa shape index (κ2) is 7.73. The van der Waals surface area contributed by atoms with E-state index in [1.165, 1.54) is 25.5 Å². The number of halogens is 2. The van der Waals surface area contributed by atoms with Crippen LogP contribution in [0.25, 0.3) is 0 Å². The summed E-state index contributed by atoms with van der Waals surface area (Å²) in [6.07, 6.45) is 2.89. The Kier molecular flexibility index (Phi) is 6.18. The molecule has 0 N–H and O–H groups in total. The van der Waals surface area contributed by atoms with E-state index in [4.69, 9.17) is 16.3 Å². The molecule has 6 heteroatoms. The molecule has 3 rings (SSSR count). The molecule has 0 spiro atoms. The fourth-order valence-electron chi connectivity index (χ4n) is 4.12. The Hall–Kier alpha value is -0.970. The van der Waals surface area contributed by atoms with E-state index in [1.54, 1.807) is 0 Å². The van der Waals surface area contributed by atoms with Crippen molar-refractivity contribution >= 4 is 30.2 Å². The van der Waals surface area contributed by atoms with Crippen LogP contribution in [-0.2, 0) is 9.47 Å². The van der Waals surface area contributed by atoms with Gasteiger partial charge in [-0.15, -0.1) is 12.4 Å². The lowest BCUT2D eigenvalue weighted by atomic mass is 9.76. The largest absolute Gasteiger partial charge is 0.507 e. The molecular formula is C17H23Cl2NO3. The molecular weight excluding hydrogens is 337 g/mol. The minimum atomic E-state index is -0.599. The van der Waals surface area contributed by atoms with Gasteiger partial charge in [0.1, 0.15) is 0 Å². The molecule has 0 aromatic heterocycles. The van der Waals surface area contributed by atoms with Crippen LogP contribution in [0.15, 0.2) is 24.3 Å². The molecule has 0 amide bonds. The van der Waals surface area contributed by atoms with Crippen molar-refractivity contribution in [1.29, 1.82) is 0 Å². The Balaban J connectivity index is 0.00000192. The molecule has 2 saturated heterocycles. The zero-order valence-electron chi connectivity index (χ0n) is 13.4. The second-order valence-corrected chi connectivity index (χ2v) is 6.72. The molecule has 1 aromatic carbocycles. The van der Waals surface area contributed by atoms with Crippen LogP contribution in [0, 0.1) is 5.92 Å². The third kappa shape index (κ3) is 3.76. The predicted octanol–water partition coefficient (Wildman–Crippen LogP) is 4.11. The lowest BCUT2D eigenvalue weighted by Gasteiger charge is -2.43. The van der Waals surface area contributed by atoms with Gasteiger partial charge >= 0.3 is 6.16 Å². The van der Waals surface area contributed by atoms with Crippen molar-refractivity contribution in [2.24, 2.45) is 5.92 Å². The average molecular weight is 360 g/mol. The van der Waals surface area contributed by atoms with E-state index in [-0.39, 0.29) is 12.4 Å². The molecule has 2 aliphatic heterocycles. The number of carbonyl (C=O) groups is 1. The maximum atomic E-state index is 11.4. The van der Waals surface area contributed by atoms with Crippen molar-refractivity contribution in [3.8, 4) is 0 Å². The number of carbonyl (C=O) groups excluding carboxylic acids is 1. The number of hydrogen-bond acceptors (Lipinski definition) is 4. The molecule has 128 valence electrons. The topological polar surface area (TPSA) is 38.8 Å². The molecule has 2 heterocycles. The van der Waals surface area contributed by atoms with E-state index in [2.05, 4.69) is 28.8 Å². The van der Waals surface area contributed by atoms with Crippen LogP contribution in [0.4, 0.5) is 4.79 Å². The van der Waals surface area contributed by atoms with E-state index in [0.29, 0.717) is 30.5 Å². The maximum Gasteiger partial charge on any atom is 0.507 e. The highest BCUT2D eigenvalue weighted by Gasteiger charge is 2.46. The normalized spacial score (nSPS) is 29.7. The summed E-state index contributed by atoms with van der Waals surface area (Å²) >= 11 is 6.01. The second-order valence-electron chi connectivity index (χ2n) is 6.29. The van der Waals surface area contributed by atoms with Crippen molar-refractivity contribution in [3.05, 3.63) is 34.9 Å². The van der Waals surface area contributed by atoms with Crippen molar-refractivity contribution in [1.82, 2.24) is 4.90 Å². The number of hydrogen-bond donors (Lipinski definition) is 0. The molecule has 4 atom stereocenters. The van der Waals surface area contributed by atoms with E-state index in [0.717, 1.165) is 11.4 Å². The van der Waals surface area contributed by atoms with Crippen LogP contribution in [0.2, 0.25) is 5.02 Å². The molecule has 23 heavy (non-hydrogen) atoms. The highest BCUT2D eigenvalue weighted by Crippen LogP contribution is 2.46. The number of benzene rings is 1. The van der Waals surface area contributed by atoms with Crippen molar-refractivity contribution in [2.45, 2.75) is 37.3 Å². The Morgan fingerprint density at radius 1 is 1.30 bits per heavy atom. The average Bonchev–Trinajstić information content (AvgIpc) is 2.77. The van der Waals surface area contributed by atoms with Gasteiger partial charge in [0, 0.05) is 23.0 Å². The molecule has 0 radical (unpaired) electrons. The zero-order valence-corrected chi connectivity index (χ0v) is 15.0. The fourth-order valence-corrected chi connectivity index (χ4v) is 4.25. The van der Waals surface area contributed by atoms with E-state index in [1.807, 2.05) is 12.1 Å². The van der Waals surface area contributed by atoms with Gasteiger partial charge in [0.25, 0.3) is 0 Å². The standard InChI is InChI=1S/C17H22ClNO3.ClH/c1-19-13-7-8-16(19)15(10-22-17(20)21-2)14(9-13)11-3-5-12(18)6-4-11;/h3-6,13-16H,7-10H2,1-2H3;1H. The molecule has 4 unspecified atom stereocenters. The molecule has 0 saturated carbocycles.